The number of aromatic hydroxyl groups is 2. The van der Waals surface area contributed by atoms with Gasteiger partial charge in [0.25, 0.3) is 5.91 Å². The van der Waals surface area contributed by atoms with Gasteiger partial charge in [0.15, 0.2) is 11.6 Å². The number of phenolic OH excluding ortho intramolecular Hbond substituents is 2. The fourth-order valence-corrected chi connectivity index (χ4v) is 3.15. The molecule has 8 heteroatoms. The summed E-state index contributed by atoms with van der Waals surface area (Å²) in [6.45, 7) is 0.757. The maximum Gasteiger partial charge on any atom is 0.251 e. The number of carbonyl (C=O) groups excluding carboxylic acids is 1. The summed E-state index contributed by atoms with van der Waals surface area (Å²) in [5.74, 6) is 0.595. The minimum atomic E-state index is -0.216. The predicted octanol–water partition coefficient (Wildman–Crippen LogP) is 2.70. The van der Waals surface area contributed by atoms with E-state index in [9.17, 15) is 15.0 Å². The Morgan fingerprint density at radius 2 is 1.52 bits per heavy atom. The van der Waals surface area contributed by atoms with Gasteiger partial charge in [0.05, 0.1) is 16.8 Å². The van der Waals surface area contributed by atoms with Crippen LogP contribution < -0.4 is 11.1 Å². The highest BCUT2D eigenvalue weighted by Gasteiger charge is 2.19. The summed E-state index contributed by atoms with van der Waals surface area (Å²) in [5, 5.41) is 27.9. The highest BCUT2D eigenvalue weighted by molar-refractivity contribution is 5.94. The van der Waals surface area contributed by atoms with Gasteiger partial charge in [-0.2, -0.15) is 0 Å². The lowest BCUT2D eigenvalue weighted by molar-refractivity contribution is 0.0954. The highest BCUT2D eigenvalue weighted by atomic mass is 16.3. The van der Waals surface area contributed by atoms with Crippen LogP contribution in [0.3, 0.4) is 0 Å². The van der Waals surface area contributed by atoms with Crippen molar-refractivity contribution in [2.24, 2.45) is 5.73 Å². The van der Waals surface area contributed by atoms with Crippen LogP contribution in [-0.4, -0.2) is 44.0 Å². The number of hydrogen-bond acceptors (Lipinski definition) is 6. The predicted molar refractivity (Wildman–Crippen MR) is 117 cm³/mol. The third kappa shape index (κ3) is 4.10. The number of amides is 1. The van der Waals surface area contributed by atoms with Gasteiger partial charge in [0.2, 0.25) is 0 Å². The van der Waals surface area contributed by atoms with Crippen LogP contribution in [-0.2, 0) is 0 Å². The van der Waals surface area contributed by atoms with Crippen molar-refractivity contribution in [3.8, 4) is 40.0 Å². The first kappa shape index (κ1) is 20.1. The molecule has 0 aliphatic heterocycles. The molecule has 1 aromatic heterocycles. The van der Waals surface area contributed by atoms with Crippen molar-refractivity contribution < 1.29 is 15.0 Å². The highest BCUT2D eigenvalue weighted by Crippen LogP contribution is 2.33. The average molecular weight is 415 g/mol. The number of nitrogens with one attached hydrogen (secondary N) is 1. The second-order valence-corrected chi connectivity index (χ2v) is 6.80. The van der Waals surface area contributed by atoms with E-state index in [0.29, 0.717) is 47.1 Å². The zero-order chi connectivity index (χ0) is 21.8. The third-order valence-corrected chi connectivity index (χ3v) is 4.70. The molecule has 4 aromatic rings. The summed E-state index contributed by atoms with van der Waals surface area (Å²) >= 11 is 0. The van der Waals surface area contributed by atoms with Crippen LogP contribution in [0.25, 0.3) is 28.5 Å². The normalized spacial score (nSPS) is 10.7. The SMILES string of the molecule is NCCNC(=O)c1ccc(-n2nc(-c3ccccc3O)nc2-c2ccccc2O)cc1. The number of phenols is 2. The molecule has 3 aromatic carbocycles. The van der Waals surface area contributed by atoms with Crippen LogP contribution in [0.1, 0.15) is 10.4 Å². The van der Waals surface area contributed by atoms with E-state index in [4.69, 9.17) is 5.73 Å². The van der Waals surface area contributed by atoms with E-state index in [0.717, 1.165) is 0 Å². The second kappa shape index (κ2) is 8.68. The Morgan fingerprint density at radius 1 is 0.903 bits per heavy atom. The van der Waals surface area contributed by atoms with Crippen LogP contribution >= 0.6 is 0 Å². The molecule has 0 fully saturated rings. The van der Waals surface area contributed by atoms with E-state index < -0.39 is 0 Å². The molecule has 156 valence electrons. The van der Waals surface area contributed by atoms with Gasteiger partial charge in [-0.3, -0.25) is 4.79 Å². The average Bonchev–Trinajstić information content (AvgIpc) is 3.23. The Hall–Kier alpha value is -4.17. The van der Waals surface area contributed by atoms with Crippen molar-refractivity contribution in [1.82, 2.24) is 20.1 Å². The summed E-state index contributed by atoms with van der Waals surface area (Å²) in [5.41, 5.74) is 7.51. The molecule has 0 saturated carbocycles. The molecule has 0 unspecified atom stereocenters. The monoisotopic (exact) mass is 415 g/mol. The van der Waals surface area contributed by atoms with Crippen LogP contribution in [0.15, 0.2) is 72.8 Å². The van der Waals surface area contributed by atoms with Gasteiger partial charge in [-0.1, -0.05) is 24.3 Å². The zero-order valence-electron chi connectivity index (χ0n) is 16.6. The number of nitrogens with two attached hydrogens (primary N) is 1. The van der Waals surface area contributed by atoms with Crippen molar-refractivity contribution in [2.75, 3.05) is 13.1 Å². The molecule has 1 amide bonds. The lowest BCUT2D eigenvalue weighted by Crippen LogP contribution is -2.28. The minimum Gasteiger partial charge on any atom is -0.507 e. The summed E-state index contributed by atoms with van der Waals surface area (Å²) in [7, 11) is 0. The van der Waals surface area contributed by atoms with Crippen molar-refractivity contribution in [1.29, 1.82) is 0 Å². The number of nitrogens with zero attached hydrogens (tertiary/aromatic N) is 3. The summed E-state index contributed by atoms with van der Waals surface area (Å²) in [6.07, 6.45) is 0. The molecule has 0 saturated heterocycles. The fourth-order valence-electron chi connectivity index (χ4n) is 3.15. The van der Waals surface area contributed by atoms with E-state index in [1.54, 1.807) is 77.5 Å². The van der Waals surface area contributed by atoms with E-state index in [1.807, 2.05) is 0 Å². The molecule has 0 bridgehead atoms. The summed E-state index contributed by atoms with van der Waals surface area (Å²) in [4.78, 5) is 16.7. The maximum absolute atomic E-state index is 12.1. The van der Waals surface area contributed by atoms with Gasteiger partial charge < -0.3 is 21.3 Å². The van der Waals surface area contributed by atoms with E-state index in [-0.39, 0.29) is 17.4 Å². The van der Waals surface area contributed by atoms with Gasteiger partial charge in [0.1, 0.15) is 11.5 Å². The molecule has 1 heterocycles. The van der Waals surface area contributed by atoms with Gasteiger partial charge >= 0.3 is 0 Å². The molecule has 31 heavy (non-hydrogen) atoms. The molecule has 0 aliphatic carbocycles. The first-order valence-electron chi connectivity index (χ1n) is 9.71. The zero-order valence-corrected chi connectivity index (χ0v) is 16.6. The Labute approximate surface area is 178 Å². The molecule has 5 N–H and O–H groups in total. The summed E-state index contributed by atoms with van der Waals surface area (Å²) < 4.78 is 1.57. The second-order valence-electron chi connectivity index (χ2n) is 6.80. The lowest BCUT2D eigenvalue weighted by Gasteiger charge is -2.08. The third-order valence-electron chi connectivity index (χ3n) is 4.70. The molecule has 8 nitrogen and oxygen atoms in total. The van der Waals surface area contributed by atoms with Gasteiger partial charge in [-0.05, 0) is 48.5 Å². The first-order valence-corrected chi connectivity index (χ1v) is 9.71. The van der Waals surface area contributed by atoms with E-state index in [2.05, 4.69) is 15.4 Å². The summed E-state index contributed by atoms with van der Waals surface area (Å²) in [6, 6.07) is 20.4. The van der Waals surface area contributed by atoms with E-state index in [1.165, 1.54) is 0 Å². The van der Waals surface area contributed by atoms with Crippen molar-refractivity contribution in [3.05, 3.63) is 78.4 Å². The minimum absolute atomic E-state index is 0.0513. The number of benzene rings is 3. The molecule has 0 atom stereocenters. The van der Waals surface area contributed by atoms with Gasteiger partial charge in [-0.15, -0.1) is 5.10 Å². The van der Waals surface area contributed by atoms with Crippen molar-refractivity contribution >= 4 is 5.91 Å². The molecule has 0 aliphatic rings. The van der Waals surface area contributed by atoms with Crippen LogP contribution in [0.2, 0.25) is 0 Å². The van der Waals surface area contributed by atoms with Gasteiger partial charge in [-0.25, -0.2) is 9.67 Å². The maximum atomic E-state index is 12.1. The lowest BCUT2D eigenvalue weighted by atomic mass is 10.1. The van der Waals surface area contributed by atoms with Crippen LogP contribution in [0.4, 0.5) is 0 Å². The Balaban J connectivity index is 1.80. The van der Waals surface area contributed by atoms with E-state index >= 15 is 0 Å². The van der Waals surface area contributed by atoms with Crippen LogP contribution in [0.5, 0.6) is 11.5 Å². The standard InChI is InChI=1S/C23H21N5O3/c24-13-14-25-23(31)15-9-11-16(12-10-15)28-22(18-6-2-4-8-20(18)30)26-21(27-28)17-5-1-3-7-19(17)29/h1-12,29-30H,13-14,24H2,(H,25,31). The largest absolute Gasteiger partial charge is 0.507 e. The fraction of sp³-hybridized carbons (Fsp3) is 0.0870. The van der Waals surface area contributed by atoms with Crippen LogP contribution in [0, 0.1) is 0 Å². The van der Waals surface area contributed by atoms with Crippen molar-refractivity contribution in [2.45, 2.75) is 0 Å². The molecule has 0 radical (unpaired) electrons. The molecule has 4 rings (SSSR count). The Morgan fingerprint density at radius 3 is 2.13 bits per heavy atom. The topological polar surface area (TPSA) is 126 Å². The molecule has 0 spiro atoms. The number of rotatable bonds is 6. The number of hydrogen-bond donors (Lipinski definition) is 4. The molecular formula is C23H21N5O3. The smallest absolute Gasteiger partial charge is 0.251 e. The van der Waals surface area contributed by atoms with Gasteiger partial charge in [0, 0.05) is 18.7 Å². The molecular weight excluding hydrogens is 394 g/mol. The van der Waals surface area contributed by atoms with Crippen molar-refractivity contribution in [3.63, 3.8) is 0 Å². The first-order chi connectivity index (χ1) is 15.1. The number of para-hydroxylation sites is 2. The quantitative estimate of drug-likeness (QED) is 0.384. The number of aromatic nitrogens is 3. The Bertz CT molecular complexity index is 1220. The number of carbonyl (C=O) groups is 1. The Kier molecular flexibility index (Phi) is 5.63.